The highest BCUT2D eigenvalue weighted by Crippen LogP contribution is 2.21. The van der Waals surface area contributed by atoms with Crippen molar-refractivity contribution >= 4 is 22.6 Å². The standard InChI is InChI=1S/C12H16ClN3O/c1-12(17,7-14)6-11-15-9-5-8(13)3-4-10(9)16(11)2/h3-5,17H,6-7,14H2,1-2H3. The quantitative estimate of drug-likeness (QED) is 0.871. The summed E-state index contributed by atoms with van der Waals surface area (Å²) in [4.78, 5) is 4.47. The third kappa shape index (κ3) is 2.44. The number of benzene rings is 1. The number of nitrogens with zero attached hydrogens (tertiary/aromatic N) is 2. The van der Waals surface area contributed by atoms with Crippen LogP contribution in [-0.2, 0) is 13.5 Å². The molecule has 1 heterocycles. The molecular formula is C12H16ClN3O. The van der Waals surface area contributed by atoms with Gasteiger partial charge in [-0.15, -0.1) is 0 Å². The van der Waals surface area contributed by atoms with Crippen LogP contribution in [0.3, 0.4) is 0 Å². The lowest BCUT2D eigenvalue weighted by molar-refractivity contribution is 0.0670. The van der Waals surface area contributed by atoms with Crippen LogP contribution in [0.25, 0.3) is 11.0 Å². The summed E-state index contributed by atoms with van der Waals surface area (Å²) in [5, 5.41) is 10.6. The lowest BCUT2D eigenvalue weighted by atomic mass is 10.0. The van der Waals surface area contributed by atoms with Crippen LogP contribution in [0.4, 0.5) is 0 Å². The number of imidazole rings is 1. The Hall–Kier alpha value is -1.10. The third-order valence-corrected chi connectivity index (χ3v) is 3.15. The lowest BCUT2D eigenvalue weighted by Gasteiger charge is -2.20. The molecule has 0 amide bonds. The van der Waals surface area contributed by atoms with Crippen molar-refractivity contribution in [3.63, 3.8) is 0 Å². The second-order valence-corrected chi connectivity index (χ2v) is 5.03. The van der Waals surface area contributed by atoms with Crippen molar-refractivity contribution in [1.82, 2.24) is 9.55 Å². The van der Waals surface area contributed by atoms with Gasteiger partial charge in [-0.3, -0.25) is 0 Å². The SMILES string of the molecule is Cn1c(CC(C)(O)CN)nc2cc(Cl)ccc21. The Kier molecular flexibility index (Phi) is 3.12. The van der Waals surface area contributed by atoms with Gasteiger partial charge in [-0.1, -0.05) is 11.6 Å². The largest absolute Gasteiger partial charge is 0.388 e. The van der Waals surface area contributed by atoms with Crippen LogP contribution in [-0.4, -0.2) is 26.8 Å². The molecule has 0 aliphatic rings. The zero-order chi connectivity index (χ0) is 12.6. The van der Waals surface area contributed by atoms with E-state index < -0.39 is 5.60 Å². The average molecular weight is 254 g/mol. The maximum atomic E-state index is 9.98. The van der Waals surface area contributed by atoms with Gasteiger partial charge in [0, 0.05) is 25.0 Å². The molecule has 2 rings (SSSR count). The first-order valence-electron chi connectivity index (χ1n) is 5.46. The molecule has 0 bridgehead atoms. The van der Waals surface area contributed by atoms with E-state index in [4.69, 9.17) is 17.3 Å². The van der Waals surface area contributed by atoms with Gasteiger partial charge >= 0.3 is 0 Å². The van der Waals surface area contributed by atoms with Crippen molar-refractivity contribution in [2.75, 3.05) is 6.54 Å². The van der Waals surface area contributed by atoms with Gasteiger partial charge in [-0.25, -0.2) is 4.98 Å². The van der Waals surface area contributed by atoms with Gasteiger partial charge in [-0.2, -0.15) is 0 Å². The Balaban J connectivity index is 2.45. The normalized spacial score (nSPS) is 15.1. The molecule has 2 aromatic rings. The highest BCUT2D eigenvalue weighted by atomic mass is 35.5. The second kappa shape index (κ2) is 4.29. The predicted octanol–water partition coefficient (Wildman–Crippen LogP) is 1.48. The van der Waals surface area contributed by atoms with Crippen molar-refractivity contribution in [1.29, 1.82) is 0 Å². The number of nitrogens with two attached hydrogens (primary N) is 1. The Morgan fingerprint density at radius 2 is 2.24 bits per heavy atom. The number of hydrogen-bond donors (Lipinski definition) is 2. The van der Waals surface area contributed by atoms with E-state index in [1.165, 1.54) is 0 Å². The zero-order valence-corrected chi connectivity index (χ0v) is 10.7. The minimum atomic E-state index is -0.932. The number of aryl methyl sites for hydroxylation is 1. The van der Waals surface area contributed by atoms with Crippen LogP contribution >= 0.6 is 11.6 Å². The fraction of sp³-hybridized carbons (Fsp3) is 0.417. The highest BCUT2D eigenvalue weighted by molar-refractivity contribution is 6.31. The van der Waals surface area contributed by atoms with Crippen LogP contribution in [0.2, 0.25) is 5.02 Å². The van der Waals surface area contributed by atoms with Crippen LogP contribution in [0.15, 0.2) is 18.2 Å². The minimum absolute atomic E-state index is 0.205. The topological polar surface area (TPSA) is 64.1 Å². The molecule has 0 spiro atoms. The van der Waals surface area contributed by atoms with Gasteiger partial charge in [0.1, 0.15) is 5.82 Å². The number of aromatic nitrogens is 2. The summed E-state index contributed by atoms with van der Waals surface area (Å²) in [7, 11) is 1.92. The van der Waals surface area contributed by atoms with Crippen molar-refractivity contribution in [2.24, 2.45) is 12.8 Å². The molecule has 0 saturated heterocycles. The van der Waals surface area contributed by atoms with E-state index in [-0.39, 0.29) is 6.54 Å². The third-order valence-electron chi connectivity index (χ3n) is 2.91. The summed E-state index contributed by atoms with van der Waals surface area (Å²) >= 11 is 5.92. The summed E-state index contributed by atoms with van der Waals surface area (Å²) in [6.45, 7) is 1.91. The smallest absolute Gasteiger partial charge is 0.112 e. The average Bonchev–Trinajstić information content (AvgIpc) is 2.55. The first-order chi connectivity index (χ1) is 7.93. The van der Waals surface area contributed by atoms with Crippen LogP contribution in [0.5, 0.6) is 0 Å². The molecule has 3 N–H and O–H groups in total. The first kappa shape index (κ1) is 12.4. The van der Waals surface area contributed by atoms with E-state index in [2.05, 4.69) is 4.98 Å². The maximum Gasteiger partial charge on any atom is 0.112 e. The molecular weight excluding hydrogens is 238 g/mol. The van der Waals surface area contributed by atoms with E-state index in [1.807, 2.05) is 29.8 Å². The summed E-state index contributed by atoms with van der Waals surface area (Å²) in [6, 6.07) is 5.57. The number of aliphatic hydroxyl groups is 1. The zero-order valence-electron chi connectivity index (χ0n) is 9.94. The van der Waals surface area contributed by atoms with Gasteiger partial charge < -0.3 is 15.4 Å². The van der Waals surface area contributed by atoms with Gasteiger partial charge in [-0.05, 0) is 25.1 Å². The summed E-state index contributed by atoms with van der Waals surface area (Å²) in [6.07, 6.45) is 0.423. The molecule has 1 aromatic heterocycles. The lowest BCUT2D eigenvalue weighted by Crippen LogP contribution is -2.37. The molecule has 0 fully saturated rings. The highest BCUT2D eigenvalue weighted by Gasteiger charge is 2.22. The van der Waals surface area contributed by atoms with Gasteiger partial charge in [0.25, 0.3) is 0 Å². The van der Waals surface area contributed by atoms with E-state index in [1.54, 1.807) is 6.92 Å². The summed E-state index contributed by atoms with van der Waals surface area (Å²) in [5.74, 6) is 0.803. The first-order valence-corrected chi connectivity index (χ1v) is 5.84. The fourth-order valence-corrected chi connectivity index (χ4v) is 1.96. The van der Waals surface area contributed by atoms with E-state index in [9.17, 15) is 5.11 Å². The molecule has 0 radical (unpaired) electrons. The predicted molar refractivity (Wildman–Crippen MR) is 69.1 cm³/mol. The Morgan fingerprint density at radius 3 is 2.88 bits per heavy atom. The number of hydrogen-bond acceptors (Lipinski definition) is 3. The minimum Gasteiger partial charge on any atom is -0.388 e. The van der Waals surface area contributed by atoms with E-state index in [0.29, 0.717) is 11.4 Å². The molecule has 0 aliphatic carbocycles. The van der Waals surface area contributed by atoms with Crippen LogP contribution in [0, 0.1) is 0 Å². The number of halogens is 1. The fourth-order valence-electron chi connectivity index (χ4n) is 1.79. The van der Waals surface area contributed by atoms with Crippen molar-refractivity contribution < 1.29 is 5.11 Å². The Labute approximate surface area is 105 Å². The maximum absolute atomic E-state index is 9.98. The molecule has 0 saturated carbocycles. The summed E-state index contributed by atoms with van der Waals surface area (Å²) in [5.41, 5.74) is 6.42. The number of fused-ring (bicyclic) bond motifs is 1. The molecule has 1 unspecified atom stereocenters. The molecule has 4 nitrogen and oxygen atoms in total. The van der Waals surface area contributed by atoms with Crippen molar-refractivity contribution in [3.05, 3.63) is 29.0 Å². The van der Waals surface area contributed by atoms with Gasteiger partial charge in [0.15, 0.2) is 0 Å². The second-order valence-electron chi connectivity index (χ2n) is 4.60. The summed E-state index contributed by atoms with van der Waals surface area (Å²) < 4.78 is 1.95. The molecule has 1 aromatic carbocycles. The molecule has 0 aliphatic heterocycles. The van der Waals surface area contributed by atoms with Crippen molar-refractivity contribution in [2.45, 2.75) is 18.9 Å². The van der Waals surface area contributed by atoms with Crippen molar-refractivity contribution in [3.8, 4) is 0 Å². The van der Waals surface area contributed by atoms with Gasteiger partial charge in [0.2, 0.25) is 0 Å². The van der Waals surface area contributed by atoms with E-state index >= 15 is 0 Å². The van der Waals surface area contributed by atoms with Crippen LogP contribution in [0.1, 0.15) is 12.7 Å². The molecule has 5 heteroatoms. The molecule has 17 heavy (non-hydrogen) atoms. The van der Waals surface area contributed by atoms with Gasteiger partial charge in [0.05, 0.1) is 16.6 Å². The monoisotopic (exact) mass is 253 g/mol. The molecule has 92 valence electrons. The Morgan fingerprint density at radius 1 is 1.53 bits per heavy atom. The number of rotatable bonds is 3. The van der Waals surface area contributed by atoms with E-state index in [0.717, 1.165) is 16.9 Å². The Bertz CT molecular complexity index is 548. The van der Waals surface area contributed by atoms with Crippen LogP contribution < -0.4 is 5.73 Å². The molecule has 1 atom stereocenters.